The molecule has 0 aliphatic rings. The smallest absolute Gasteiger partial charge is 0.252 e. The first kappa shape index (κ1) is 16.1. The Kier molecular flexibility index (Phi) is 4.47. The molecule has 0 fully saturated rings. The molecule has 1 N–H and O–H groups in total. The summed E-state index contributed by atoms with van der Waals surface area (Å²) in [4.78, 5) is 12.4. The molecule has 3 heterocycles. The number of hydrogen-bond acceptors (Lipinski definition) is 4. The standard InChI is InChI=1S/C20H18N4O2/c25-20(21-11-10-15-5-2-1-3-6-15)16-8-9-18-22-23-19(24(18)14-16)13-17-7-4-12-26-17/h1-9,12,14H,10-11,13H2,(H,21,25). The van der Waals surface area contributed by atoms with Crippen molar-refractivity contribution in [2.45, 2.75) is 12.8 Å². The first-order chi connectivity index (χ1) is 12.8. The third-order valence-electron chi connectivity index (χ3n) is 4.19. The van der Waals surface area contributed by atoms with Gasteiger partial charge in [0.1, 0.15) is 11.6 Å². The Balaban J connectivity index is 1.46. The van der Waals surface area contributed by atoms with E-state index in [1.54, 1.807) is 24.6 Å². The van der Waals surface area contributed by atoms with Crippen LogP contribution in [0.3, 0.4) is 0 Å². The SMILES string of the molecule is O=C(NCCc1ccccc1)c1ccc2nnc(Cc3ccco3)n2c1. The fraction of sp³-hybridized carbons (Fsp3) is 0.150. The monoisotopic (exact) mass is 346 g/mol. The van der Waals surface area contributed by atoms with E-state index in [1.165, 1.54) is 5.56 Å². The van der Waals surface area contributed by atoms with E-state index >= 15 is 0 Å². The van der Waals surface area contributed by atoms with Crippen LogP contribution in [0.4, 0.5) is 0 Å². The predicted molar refractivity (Wildman–Crippen MR) is 97.0 cm³/mol. The number of pyridine rings is 1. The molecule has 4 rings (SSSR count). The van der Waals surface area contributed by atoms with Crippen molar-refractivity contribution in [2.75, 3.05) is 6.54 Å². The number of carbonyl (C=O) groups is 1. The van der Waals surface area contributed by atoms with Crippen LogP contribution in [0.25, 0.3) is 5.65 Å². The number of amides is 1. The lowest BCUT2D eigenvalue weighted by atomic mass is 10.1. The predicted octanol–water partition coefficient (Wildman–Crippen LogP) is 2.89. The van der Waals surface area contributed by atoms with Gasteiger partial charge in [0.2, 0.25) is 0 Å². The molecule has 0 saturated carbocycles. The number of hydrogen-bond donors (Lipinski definition) is 1. The number of aromatic nitrogens is 3. The Bertz CT molecular complexity index is 1010. The number of nitrogens with one attached hydrogen (secondary N) is 1. The van der Waals surface area contributed by atoms with E-state index in [0.717, 1.165) is 18.0 Å². The Hall–Kier alpha value is -3.41. The van der Waals surface area contributed by atoms with Gasteiger partial charge >= 0.3 is 0 Å². The largest absolute Gasteiger partial charge is 0.469 e. The van der Waals surface area contributed by atoms with Gasteiger partial charge in [-0.2, -0.15) is 0 Å². The molecule has 0 spiro atoms. The molecule has 26 heavy (non-hydrogen) atoms. The highest BCUT2D eigenvalue weighted by Crippen LogP contribution is 2.12. The fourth-order valence-corrected chi connectivity index (χ4v) is 2.83. The van der Waals surface area contributed by atoms with Gasteiger partial charge in [0.15, 0.2) is 5.65 Å². The van der Waals surface area contributed by atoms with E-state index in [2.05, 4.69) is 27.6 Å². The number of rotatable bonds is 6. The second-order valence-electron chi connectivity index (χ2n) is 6.01. The minimum atomic E-state index is -0.111. The van der Waals surface area contributed by atoms with E-state index in [0.29, 0.717) is 24.2 Å². The van der Waals surface area contributed by atoms with Crippen LogP contribution in [0.5, 0.6) is 0 Å². The Labute approximate surface area is 150 Å². The second-order valence-corrected chi connectivity index (χ2v) is 6.01. The molecule has 3 aromatic heterocycles. The molecule has 0 atom stereocenters. The number of carbonyl (C=O) groups excluding carboxylic acids is 1. The second kappa shape index (κ2) is 7.23. The van der Waals surface area contributed by atoms with E-state index < -0.39 is 0 Å². The van der Waals surface area contributed by atoms with E-state index in [9.17, 15) is 4.79 Å². The molecule has 0 radical (unpaired) electrons. The number of nitrogens with zero attached hydrogens (tertiary/aromatic N) is 3. The van der Waals surface area contributed by atoms with Gasteiger partial charge in [0.25, 0.3) is 5.91 Å². The van der Waals surface area contributed by atoms with Crippen LogP contribution in [-0.2, 0) is 12.8 Å². The van der Waals surface area contributed by atoms with E-state index in [4.69, 9.17) is 4.42 Å². The molecule has 1 aromatic carbocycles. The van der Waals surface area contributed by atoms with Crippen molar-refractivity contribution in [1.82, 2.24) is 19.9 Å². The fourth-order valence-electron chi connectivity index (χ4n) is 2.83. The van der Waals surface area contributed by atoms with Crippen molar-refractivity contribution >= 4 is 11.6 Å². The zero-order chi connectivity index (χ0) is 17.8. The van der Waals surface area contributed by atoms with Gasteiger partial charge in [-0.3, -0.25) is 9.20 Å². The van der Waals surface area contributed by atoms with Gasteiger partial charge in [0.05, 0.1) is 18.2 Å². The highest BCUT2D eigenvalue weighted by molar-refractivity contribution is 5.94. The molecule has 0 unspecified atom stereocenters. The highest BCUT2D eigenvalue weighted by Gasteiger charge is 2.11. The summed E-state index contributed by atoms with van der Waals surface area (Å²) in [5, 5.41) is 11.3. The maximum atomic E-state index is 12.4. The lowest BCUT2D eigenvalue weighted by molar-refractivity contribution is 0.0953. The molecule has 0 aliphatic carbocycles. The average molecular weight is 346 g/mol. The van der Waals surface area contributed by atoms with Gasteiger partial charge in [-0.05, 0) is 36.2 Å². The number of furan rings is 1. The Morgan fingerprint density at radius 3 is 2.73 bits per heavy atom. The van der Waals surface area contributed by atoms with Crippen LogP contribution < -0.4 is 5.32 Å². The average Bonchev–Trinajstić information content (AvgIpc) is 3.33. The van der Waals surface area contributed by atoms with Crippen LogP contribution in [0, 0.1) is 0 Å². The number of fused-ring (bicyclic) bond motifs is 1. The zero-order valence-electron chi connectivity index (χ0n) is 14.1. The summed E-state index contributed by atoms with van der Waals surface area (Å²) < 4.78 is 7.20. The van der Waals surface area contributed by atoms with Crippen LogP contribution in [-0.4, -0.2) is 27.0 Å². The lowest BCUT2D eigenvalue weighted by Gasteiger charge is -2.06. The maximum Gasteiger partial charge on any atom is 0.252 e. The van der Waals surface area contributed by atoms with Crippen LogP contribution in [0.1, 0.15) is 27.5 Å². The molecular formula is C20H18N4O2. The van der Waals surface area contributed by atoms with Gasteiger partial charge in [-0.25, -0.2) is 0 Å². The molecule has 4 aromatic rings. The van der Waals surface area contributed by atoms with E-state index in [1.807, 2.05) is 34.7 Å². The molecular weight excluding hydrogens is 328 g/mol. The molecule has 1 amide bonds. The summed E-state index contributed by atoms with van der Waals surface area (Å²) in [6.07, 6.45) is 4.72. The topological polar surface area (TPSA) is 72.4 Å². The van der Waals surface area contributed by atoms with Crippen molar-refractivity contribution in [1.29, 1.82) is 0 Å². The molecule has 0 aliphatic heterocycles. The summed E-state index contributed by atoms with van der Waals surface area (Å²) in [6, 6.07) is 17.4. The third-order valence-corrected chi connectivity index (χ3v) is 4.19. The van der Waals surface area contributed by atoms with Gasteiger partial charge in [-0.15, -0.1) is 10.2 Å². The van der Waals surface area contributed by atoms with Gasteiger partial charge < -0.3 is 9.73 Å². The summed E-state index contributed by atoms with van der Waals surface area (Å²) >= 11 is 0. The first-order valence-corrected chi connectivity index (χ1v) is 8.48. The first-order valence-electron chi connectivity index (χ1n) is 8.48. The minimum absolute atomic E-state index is 0.111. The summed E-state index contributed by atoms with van der Waals surface area (Å²) in [7, 11) is 0. The normalized spacial score (nSPS) is 10.9. The zero-order valence-corrected chi connectivity index (χ0v) is 14.1. The van der Waals surface area contributed by atoms with Crippen molar-refractivity contribution < 1.29 is 9.21 Å². The van der Waals surface area contributed by atoms with Crippen molar-refractivity contribution in [2.24, 2.45) is 0 Å². The summed E-state index contributed by atoms with van der Waals surface area (Å²) in [5.41, 5.74) is 2.47. The van der Waals surface area contributed by atoms with Crippen molar-refractivity contribution in [3.8, 4) is 0 Å². The molecule has 130 valence electrons. The molecule has 0 saturated heterocycles. The highest BCUT2D eigenvalue weighted by atomic mass is 16.3. The summed E-state index contributed by atoms with van der Waals surface area (Å²) in [6.45, 7) is 0.586. The molecule has 6 nitrogen and oxygen atoms in total. The van der Waals surface area contributed by atoms with Gasteiger partial charge in [0, 0.05) is 12.7 Å². The van der Waals surface area contributed by atoms with Gasteiger partial charge in [-0.1, -0.05) is 30.3 Å². The summed E-state index contributed by atoms with van der Waals surface area (Å²) in [5.74, 6) is 1.42. The van der Waals surface area contributed by atoms with Crippen LogP contribution in [0.2, 0.25) is 0 Å². The Morgan fingerprint density at radius 1 is 1.04 bits per heavy atom. The van der Waals surface area contributed by atoms with Crippen LogP contribution in [0.15, 0.2) is 71.5 Å². The molecule has 6 heteroatoms. The molecule has 0 bridgehead atoms. The quantitative estimate of drug-likeness (QED) is 0.583. The van der Waals surface area contributed by atoms with E-state index in [-0.39, 0.29) is 5.91 Å². The van der Waals surface area contributed by atoms with Crippen LogP contribution >= 0.6 is 0 Å². The lowest BCUT2D eigenvalue weighted by Crippen LogP contribution is -2.26. The Morgan fingerprint density at radius 2 is 1.92 bits per heavy atom. The number of benzene rings is 1. The van der Waals surface area contributed by atoms with Crippen molar-refractivity contribution in [3.05, 3.63) is 89.8 Å². The van der Waals surface area contributed by atoms with Crippen molar-refractivity contribution in [3.63, 3.8) is 0 Å². The third kappa shape index (κ3) is 3.49. The maximum absolute atomic E-state index is 12.4. The minimum Gasteiger partial charge on any atom is -0.469 e.